The molecule has 4 aromatic rings. The normalized spacial score (nSPS) is 13.6. The molecule has 0 bridgehead atoms. The Labute approximate surface area is 167 Å². The summed E-state index contributed by atoms with van der Waals surface area (Å²) in [6, 6.07) is 27.7. The molecule has 1 aliphatic heterocycles. The summed E-state index contributed by atoms with van der Waals surface area (Å²) in [6.45, 7) is 0. The van der Waals surface area contributed by atoms with Crippen molar-refractivity contribution in [2.45, 2.75) is 0 Å². The number of nitrogens with zero attached hydrogens (tertiary/aromatic N) is 2. The van der Waals surface area contributed by atoms with Crippen LogP contribution in [0, 0.1) is 0 Å². The van der Waals surface area contributed by atoms with Crippen LogP contribution >= 0.6 is 0 Å². The number of hydrogen-bond donors (Lipinski definition) is 0. The Morgan fingerprint density at radius 3 is 2.00 bits per heavy atom. The Hall–Kier alpha value is -2.71. The van der Waals surface area contributed by atoms with Crippen LogP contribution in [0.2, 0.25) is 0 Å². The number of rotatable bonds is 3. The van der Waals surface area contributed by atoms with Crippen molar-refractivity contribution >= 4 is 45.6 Å². The van der Waals surface area contributed by atoms with Gasteiger partial charge in [0.15, 0.2) is 0 Å². The summed E-state index contributed by atoms with van der Waals surface area (Å²) >= 11 is 1.50. The van der Waals surface area contributed by atoms with Crippen LogP contribution in [-0.4, -0.2) is 34.7 Å². The molecule has 1 aliphatic rings. The lowest BCUT2D eigenvalue weighted by Crippen LogP contribution is -2.73. The summed E-state index contributed by atoms with van der Waals surface area (Å²) < 4.78 is 5.75. The Bertz CT molecular complexity index is 1080. The number of aromatic nitrogens is 2. The number of benzene rings is 2. The molecule has 2 aromatic heterocycles. The average molecular weight is 379 g/mol. The summed E-state index contributed by atoms with van der Waals surface area (Å²) in [5.74, 6) is 0.847. The Balaban J connectivity index is 1.99. The van der Waals surface area contributed by atoms with Gasteiger partial charge in [-0.25, -0.2) is 0 Å². The van der Waals surface area contributed by atoms with Gasteiger partial charge in [-0.3, -0.25) is 9.97 Å². The zero-order valence-corrected chi connectivity index (χ0v) is 17.1. The second-order valence-electron chi connectivity index (χ2n) is 6.56. The highest BCUT2D eigenvalue weighted by Gasteiger charge is 2.51. The third-order valence-corrected chi connectivity index (χ3v) is 10.3. The van der Waals surface area contributed by atoms with E-state index in [0.29, 0.717) is 0 Å². The molecular formula is C22H16AlN2OSi. The lowest BCUT2D eigenvalue weighted by molar-refractivity contribution is 0.618. The van der Waals surface area contributed by atoms with Gasteiger partial charge in [0, 0.05) is 12.4 Å². The fraction of sp³-hybridized carbons (Fsp3) is 0. The van der Waals surface area contributed by atoms with E-state index in [2.05, 4.69) is 66.7 Å². The summed E-state index contributed by atoms with van der Waals surface area (Å²) in [5.41, 5.74) is 2.05. The summed E-state index contributed by atoms with van der Waals surface area (Å²) in [6.07, 6.45) is 3.72. The molecule has 0 amide bonds. The fourth-order valence-corrected chi connectivity index (χ4v) is 9.40. The van der Waals surface area contributed by atoms with E-state index in [0.717, 1.165) is 22.3 Å². The molecule has 0 atom stereocenters. The zero-order chi connectivity index (χ0) is 18.3. The average Bonchev–Trinajstić information content (AvgIpc) is 3.06. The molecule has 0 aliphatic carbocycles. The molecule has 2 aromatic carbocycles. The third-order valence-electron chi connectivity index (χ3n) is 5.29. The smallest absolute Gasteiger partial charge is 0.494 e. The van der Waals surface area contributed by atoms with Gasteiger partial charge in [-0.2, -0.15) is 0 Å². The maximum Gasteiger partial charge on any atom is 0.494 e. The van der Waals surface area contributed by atoms with Gasteiger partial charge in [-0.1, -0.05) is 66.7 Å². The number of hydrogen-bond acceptors (Lipinski definition) is 3. The van der Waals surface area contributed by atoms with Crippen LogP contribution in [0.25, 0.3) is 11.3 Å². The van der Waals surface area contributed by atoms with Gasteiger partial charge in [0.1, 0.15) is 0 Å². The molecule has 1 radical (unpaired) electrons. The second-order valence-corrected chi connectivity index (χ2v) is 10.5. The van der Waals surface area contributed by atoms with E-state index in [4.69, 9.17) is 13.8 Å². The number of pyridine rings is 2. The SMILES string of the molecule is [AlH][O]c1ccnc2c1-c1ncccc1[Si]2(c1ccccc1)c1ccccc1. The maximum atomic E-state index is 5.75. The minimum absolute atomic E-state index is 0.847. The van der Waals surface area contributed by atoms with Crippen molar-refractivity contribution < 1.29 is 3.79 Å². The van der Waals surface area contributed by atoms with Crippen molar-refractivity contribution in [2.75, 3.05) is 0 Å². The lowest BCUT2D eigenvalue weighted by atomic mass is 10.2. The van der Waals surface area contributed by atoms with Gasteiger partial charge in [-0.15, -0.1) is 0 Å². The Morgan fingerprint density at radius 2 is 1.37 bits per heavy atom. The highest BCUT2D eigenvalue weighted by Crippen LogP contribution is 2.32. The van der Waals surface area contributed by atoms with E-state index in [1.807, 2.05) is 24.5 Å². The van der Waals surface area contributed by atoms with Gasteiger partial charge in [0.05, 0.1) is 22.3 Å². The largest absolute Gasteiger partial charge is 0.650 e. The van der Waals surface area contributed by atoms with Crippen molar-refractivity contribution in [3.63, 3.8) is 0 Å². The molecule has 0 spiro atoms. The molecule has 0 saturated heterocycles. The molecule has 127 valence electrons. The van der Waals surface area contributed by atoms with Gasteiger partial charge in [0.2, 0.25) is 8.07 Å². The van der Waals surface area contributed by atoms with Crippen LogP contribution in [0.5, 0.6) is 5.75 Å². The van der Waals surface area contributed by atoms with Crippen LogP contribution in [0.15, 0.2) is 91.3 Å². The highest BCUT2D eigenvalue weighted by molar-refractivity contribution is 7.21. The third kappa shape index (κ3) is 2.26. The van der Waals surface area contributed by atoms with Crippen molar-refractivity contribution in [3.8, 4) is 17.0 Å². The first-order valence-electron chi connectivity index (χ1n) is 8.86. The van der Waals surface area contributed by atoms with Crippen molar-refractivity contribution in [1.82, 2.24) is 9.97 Å². The highest BCUT2D eigenvalue weighted by atomic mass is 28.3. The van der Waals surface area contributed by atoms with E-state index in [-0.39, 0.29) is 0 Å². The van der Waals surface area contributed by atoms with Crippen LogP contribution in [0.3, 0.4) is 0 Å². The predicted octanol–water partition coefficient (Wildman–Crippen LogP) is 1.03. The zero-order valence-electron chi connectivity index (χ0n) is 14.7. The molecule has 0 unspecified atom stereocenters. The summed E-state index contributed by atoms with van der Waals surface area (Å²) in [4.78, 5) is 9.71. The number of fused-ring (bicyclic) bond motifs is 3. The molecule has 3 nitrogen and oxygen atoms in total. The Kier molecular flexibility index (Phi) is 3.94. The van der Waals surface area contributed by atoms with Crippen molar-refractivity contribution in [1.29, 1.82) is 0 Å². The Morgan fingerprint density at radius 1 is 0.704 bits per heavy atom. The predicted molar refractivity (Wildman–Crippen MR) is 112 cm³/mol. The quantitative estimate of drug-likeness (QED) is 0.439. The molecule has 5 rings (SSSR count). The van der Waals surface area contributed by atoms with E-state index in [9.17, 15) is 0 Å². The molecule has 0 N–H and O–H groups in total. The van der Waals surface area contributed by atoms with Crippen molar-refractivity contribution in [2.24, 2.45) is 0 Å². The van der Waals surface area contributed by atoms with Crippen LogP contribution in [0.4, 0.5) is 0 Å². The lowest BCUT2D eigenvalue weighted by Gasteiger charge is -2.29. The van der Waals surface area contributed by atoms with Gasteiger partial charge in [-0.05, 0) is 27.7 Å². The van der Waals surface area contributed by atoms with Crippen molar-refractivity contribution in [3.05, 3.63) is 91.3 Å². The molecule has 5 heteroatoms. The van der Waals surface area contributed by atoms with Gasteiger partial charge in [0.25, 0.3) is 0 Å². The monoisotopic (exact) mass is 379 g/mol. The molecular weight excluding hydrogens is 363 g/mol. The minimum Gasteiger partial charge on any atom is -0.650 e. The van der Waals surface area contributed by atoms with Gasteiger partial charge < -0.3 is 3.79 Å². The molecule has 27 heavy (non-hydrogen) atoms. The summed E-state index contributed by atoms with van der Waals surface area (Å²) in [5, 5.41) is 5.01. The maximum absolute atomic E-state index is 5.75. The van der Waals surface area contributed by atoms with E-state index < -0.39 is 8.07 Å². The molecule has 0 saturated carbocycles. The van der Waals surface area contributed by atoms with Crippen LogP contribution < -0.4 is 24.7 Å². The van der Waals surface area contributed by atoms with Crippen LogP contribution in [-0.2, 0) is 0 Å². The molecule has 0 fully saturated rings. The van der Waals surface area contributed by atoms with Crippen LogP contribution in [0.1, 0.15) is 0 Å². The topological polar surface area (TPSA) is 35.0 Å². The van der Waals surface area contributed by atoms with Gasteiger partial charge >= 0.3 is 16.6 Å². The first kappa shape index (κ1) is 16.5. The second kappa shape index (κ2) is 6.47. The first-order valence-corrected chi connectivity index (χ1v) is 11.4. The minimum atomic E-state index is -2.52. The van der Waals surface area contributed by atoms with E-state index in [1.165, 1.54) is 32.2 Å². The first-order chi connectivity index (χ1) is 13.4. The van der Waals surface area contributed by atoms with E-state index in [1.54, 1.807) is 0 Å². The molecule has 3 heterocycles. The fourth-order valence-electron chi connectivity index (χ4n) is 4.24. The van der Waals surface area contributed by atoms with E-state index >= 15 is 0 Å². The summed E-state index contributed by atoms with van der Waals surface area (Å²) in [7, 11) is -2.52. The standard InChI is InChI=1S/C22H16N2OSi.Al.H/c25-18-13-15-24-22-20(18)21-19(12-7-14-23-21)26(22,16-8-3-1-4-9-16)17-10-5-2-6-11-17;;/h1-15H,(H,24,25);;/q;+1;/p-1.